The molecule has 0 unspecified atom stereocenters. The van der Waals surface area contributed by atoms with Crippen molar-refractivity contribution in [1.82, 2.24) is 29.9 Å². The van der Waals surface area contributed by atoms with Crippen molar-refractivity contribution in [2.75, 3.05) is 31.7 Å². The number of hydrogen-bond acceptors (Lipinski definition) is 8. The maximum absolute atomic E-state index is 5.51. The van der Waals surface area contributed by atoms with Crippen LogP contribution in [-0.4, -0.2) is 56.7 Å². The third-order valence-electron chi connectivity index (χ3n) is 5.09. The molecule has 0 aromatic carbocycles. The van der Waals surface area contributed by atoms with Crippen LogP contribution in [0.4, 0.5) is 5.95 Å². The zero-order valence-corrected chi connectivity index (χ0v) is 16.5. The van der Waals surface area contributed by atoms with E-state index >= 15 is 0 Å². The molecule has 1 aliphatic heterocycles. The molecule has 0 N–H and O–H groups in total. The zero-order valence-electron chi connectivity index (χ0n) is 16.5. The molecule has 9 nitrogen and oxygen atoms in total. The van der Waals surface area contributed by atoms with E-state index in [4.69, 9.17) is 14.2 Å². The SMILES string of the molecule is COCCc1noc([C@H]2CCCN(c3ncc(C)c(-c4ccnn4C)n3)C2)n1. The van der Waals surface area contributed by atoms with Crippen LogP contribution in [0.3, 0.4) is 0 Å². The molecule has 4 heterocycles. The Hall–Kier alpha value is -2.81. The van der Waals surface area contributed by atoms with E-state index in [9.17, 15) is 0 Å². The summed E-state index contributed by atoms with van der Waals surface area (Å²) in [7, 11) is 3.59. The highest BCUT2D eigenvalue weighted by Gasteiger charge is 2.28. The van der Waals surface area contributed by atoms with Crippen molar-refractivity contribution in [3.8, 4) is 11.4 Å². The summed E-state index contributed by atoms with van der Waals surface area (Å²) in [6, 6.07) is 1.97. The molecule has 0 aliphatic carbocycles. The number of aryl methyl sites for hydroxylation is 2. The van der Waals surface area contributed by atoms with Gasteiger partial charge in [-0.2, -0.15) is 10.1 Å². The van der Waals surface area contributed by atoms with Crippen LogP contribution in [0.15, 0.2) is 23.0 Å². The van der Waals surface area contributed by atoms with Crippen molar-refractivity contribution in [3.63, 3.8) is 0 Å². The summed E-state index contributed by atoms with van der Waals surface area (Å²) < 4.78 is 12.4. The molecule has 1 saturated heterocycles. The van der Waals surface area contributed by atoms with Gasteiger partial charge in [0, 0.05) is 46.1 Å². The molecular weight excluding hydrogens is 358 g/mol. The van der Waals surface area contributed by atoms with Gasteiger partial charge in [0.25, 0.3) is 0 Å². The number of nitrogens with zero attached hydrogens (tertiary/aromatic N) is 7. The second-order valence-electron chi connectivity index (χ2n) is 7.12. The van der Waals surface area contributed by atoms with Crippen LogP contribution in [0.1, 0.15) is 36.0 Å². The van der Waals surface area contributed by atoms with Crippen LogP contribution >= 0.6 is 0 Å². The number of ether oxygens (including phenoxy) is 1. The maximum Gasteiger partial charge on any atom is 0.231 e. The molecule has 148 valence electrons. The molecule has 4 rings (SSSR count). The largest absolute Gasteiger partial charge is 0.384 e. The van der Waals surface area contributed by atoms with Crippen molar-refractivity contribution in [2.24, 2.45) is 7.05 Å². The predicted molar refractivity (Wildman–Crippen MR) is 103 cm³/mol. The van der Waals surface area contributed by atoms with E-state index in [-0.39, 0.29) is 5.92 Å². The van der Waals surface area contributed by atoms with Gasteiger partial charge in [0.05, 0.1) is 23.9 Å². The van der Waals surface area contributed by atoms with E-state index in [0.717, 1.165) is 48.8 Å². The summed E-state index contributed by atoms with van der Waals surface area (Å²) in [5.41, 5.74) is 2.92. The monoisotopic (exact) mass is 383 g/mol. The third kappa shape index (κ3) is 3.75. The fourth-order valence-electron chi connectivity index (χ4n) is 3.54. The molecule has 0 radical (unpaired) electrons. The second kappa shape index (κ2) is 8.05. The molecule has 3 aromatic rings. The second-order valence-corrected chi connectivity index (χ2v) is 7.12. The Kier molecular flexibility index (Phi) is 5.34. The summed E-state index contributed by atoms with van der Waals surface area (Å²) >= 11 is 0. The Morgan fingerprint density at radius 1 is 1.32 bits per heavy atom. The summed E-state index contributed by atoms with van der Waals surface area (Å²) in [5.74, 6) is 2.29. The lowest BCUT2D eigenvalue weighted by Crippen LogP contribution is -2.35. The number of hydrogen-bond donors (Lipinski definition) is 0. The van der Waals surface area contributed by atoms with Gasteiger partial charge in [0.15, 0.2) is 5.82 Å². The van der Waals surface area contributed by atoms with Crippen LogP contribution in [0.5, 0.6) is 0 Å². The number of methoxy groups -OCH3 is 1. The first kappa shape index (κ1) is 18.5. The molecule has 1 aliphatic rings. The molecule has 9 heteroatoms. The van der Waals surface area contributed by atoms with Crippen molar-refractivity contribution in [2.45, 2.75) is 32.1 Å². The average Bonchev–Trinajstić information content (AvgIpc) is 3.36. The van der Waals surface area contributed by atoms with Gasteiger partial charge in [-0.15, -0.1) is 0 Å². The van der Waals surface area contributed by atoms with Gasteiger partial charge in [-0.05, 0) is 31.4 Å². The lowest BCUT2D eigenvalue weighted by atomic mass is 9.98. The predicted octanol–water partition coefficient (Wildman–Crippen LogP) is 2.14. The summed E-state index contributed by atoms with van der Waals surface area (Å²) in [4.78, 5) is 16.2. The van der Waals surface area contributed by atoms with Gasteiger partial charge in [0.1, 0.15) is 0 Å². The summed E-state index contributed by atoms with van der Waals surface area (Å²) in [5, 5.41) is 8.33. The van der Waals surface area contributed by atoms with Gasteiger partial charge >= 0.3 is 0 Å². The van der Waals surface area contributed by atoms with Gasteiger partial charge in [-0.1, -0.05) is 5.16 Å². The Bertz CT molecular complexity index is 936. The molecule has 1 atom stereocenters. The Morgan fingerprint density at radius 3 is 3.00 bits per heavy atom. The van der Waals surface area contributed by atoms with Crippen LogP contribution in [0, 0.1) is 6.92 Å². The molecular formula is C19H25N7O2. The standard InChI is InChI=1S/C19H25N7O2/c1-13-11-20-19(23-17(13)15-6-8-21-25(15)2)26-9-4-5-14(12-26)18-22-16(24-28-18)7-10-27-3/h6,8,11,14H,4-5,7,9-10,12H2,1-3H3/t14-/m0/s1. The average molecular weight is 383 g/mol. The molecule has 28 heavy (non-hydrogen) atoms. The Balaban J connectivity index is 1.53. The topological polar surface area (TPSA) is 95.0 Å². The highest BCUT2D eigenvalue weighted by Crippen LogP contribution is 2.29. The Morgan fingerprint density at radius 2 is 2.21 bits per heavy atom. The minimum absolute atomic E-state index is 0.183. The first-order valence-electron chi connectivity index (χ1n) is 9.54. The van der Waals surface area contributed by atoms with E-state index < -0.39 is 0 Å². The van der Waals surface area contributed by atoms with E-state index in [0.29, 0.717) is 24.7 Å². The lowest BCUT2D eigenvalue weighted by Gasteiger charge is -2.31. The number of anilines is 1. The fourth-order valence-corrected chi connectivity index (χ4v) is 3.54. The molecule has 0 saturated carbocycles. The zero-order chi connectivity index (χ0) is 19.5. The highest BCUT2D eigenvalue weighted by molar-refractivity contribution is 5.60. The summed E-state index contributed by atoms with van der Waals surface area (Å²) in [6.07, 6.45) is 6.36. The fraction of sp³-hybridized carbons (Fsp3) is 0.526. The van der Waals surface area contributed by atoms with Crippen molar-refractivity contribution in [1.29, 1.82) is 0 Å². The van der Waals surface area contributed by atoms with Crippen LogP contribution in [-0.2, 0) is 18.2 Å². The van der Waals surface area contributed by atoms with Crippen LogP contribution < -0.4 is 4.90 Å². The minimum atomic E-state index is 0.183. The minimum Gasteiger partial charge on any atom is -0.384 e. The van der Waals surface area contributed by atoms with E-state index in [1.807, 2.05) is 30.9 Å². The van der Waals surface area contributed by atoms with E-state index in [1.165, 1.54) is 0 Å². The molecule has 0 spiro atoms. The first-order chi connectivity index (χ1) is 13.7. The van der Waals surface area contributed by atoms with E-state index in [1.54, 1.807) is 13.3 Å². The molecule has 1 fully saturated rings. The van der Waals surface area contributed by atoms with Crippen molar-refractivity contribution >= 4 is 5.95 Å². The van der Waals surface area contributed by atoms with E-state index in [2.05, 4.69) is 25.1 Å². The highest BCUT2D eigenvalue weighted by atomic mass is 16.5. The number of piperidine rings is 1. The Labute approximate surface area is 163 Å². The number of aromatic nitrogens is 6. The van der Waals surface area contributed by atoms with Crippen LogP contribution in [0.2, 0.25) is 0 Å². The quantitative estimate of drug-likeness (QED) is 0.639. The smallest absolute Gasteiger partial charge is 0.231 e. The molecule has 0 amide bonds. The van der Waals surface area contributed by atoms with Gasteiger partial charge in [-0.3, -0.25) is 4.68 Å². The van der Waals surface area contributed by atoms with Crippen LogP contribution in [0.25, 0.3) is 11.4 Å². The van der Waals surface area contributed by atoms with Gasteiger partial charge < -0.3 is 14.2 Å². The third-order valence-corrected chi connectivity index (χ3v) is 5.09. The maximum atomic E-state index is 5.51. The summed E-state index contributed by atoms with van der Waals surface area (Å²) in [6.45, 7) is 4.28. The van der Waals surface area contributed by atoms with Gasteiger partial charge in [-0.25, -0.2) is 9.97 Å². The normalized spacial score (nSPS) is 17.2. The van der Waals surface area contributed by atoms with Gasteiger partial charge in [0.2, 0.25) is 11.8 Å². The molecule has 0 bridgehead atoms. The van der Waals surface area contributed by atoms with Crippen molar-refractivity contribution in [3.05, 3.63) is 35.7 Å². The number of rotatable bonds is 6. The molecule has 3 aromatic heterocycles. The first-order valence-corrected chi connectivity index (χ1v) is 9.54. The lowest BCUT2D eigenvalue weighted by molar-refractivity contribution is 0.199. The van der Waals surface area contributed by atoms with Crippen molar-refractivity contribution < 1.29 is 9.26 Å².